The average molecular weight is 502 g/mol. The van der Waals surface area contributed by atoms with Crippen LogP contribution in [0.15, 0.2) is 48.7 Å². The Kier molecular flexibility index (Phi) is 6.12. The van der Waals surface area contributed by atoms with Crippen LogP contribution in [-0.2, 0) is 11.3 Å². The van der Waals surface area contributed by atoms with Crippen molar-refractivity contribution >= 4 is 23.4 Å². The number of amides is 2. The molecule has 8 nitrogen and oxygen atoms in total. The van der Waals surface area contributed by atoms with Crippen LogP contribution in [0.4, 0.5) is 20.6 Å². The van der Waals surface area contributed by atoms with E-state index in [0.29, 0.717) is 55.4 Å². The number of hydrogen-bond donors (Lipinski definition) is 1. The highest BCUT2D eigenvalue weighted by atomic mass is 19.1. The van der Waals surface area contributed by atoms with Crippen molar-refractivity contribution in [2.24, 2.45) is 0 Å². The van der Waals surface area contributed by atoms with Gasteiger partial charge in [0.05, 0.1) is 17.3 Å². The Morgan fingerprint density at radius 1 is 1.05 bits per heavy atom. The Hall–Kier alpha value is -4.32. The summed E-state index contributed by atoms with van der Waals surface area (Å²) in [6.45, 7) is 7.68. The Morgan fingerprint density at radius 3 is 2.41 bits per heavy atom. The maximum absolute atomic E-state index is 15.2. The largest absolute Gasteiger partial charge is 0.444 e. The molecule has 5 rings (SSSR count). The van der Waals surface area contributed by atoms with E-state index in [0.717, 1.165) is 16.7 Å². The summed E-state index contributed by atoms with van der Waals surface area (Å²) in [5.74, 6) is -0.730. The minimum atomic E-state index is -0.570. The Labute approximate surface area is 214 Å². The number of nitrogens with zero attached hydrogens (tertiary/aromatic N) is 4. The Morgan fingerprint density at radius 2 is 1.76 bits per heavy atom. The number of carbonyl (C=O) groups is 2. The summed E-state index contributed by atoms with van der Waals surface area (Å²) < 4.78 is 22.5. The maximum Gasteiger partial charge on any atom is 0.410 e. The smallest absolute Gasteiger partial charge is 0.410 e. The number of fused-ring (bicyclic) bond motifs is 2. The van der Waals surface area contributed by atoms with Crippen LogP contribution in [0.3, 0.4) is 0 Å². The molecule has 0 radical (unpaired) electrons. The fraction of sp³-hybridized carbons (Fsp3) is 0.321. The first-order chi connectivity index (χ1) is 17.6. The summed E-state index contributed by atoms with van der Waals surface area (Å²) in [5.41, 5.74) is 3.91. The monoisotopic (exact) mass is 501 g/mol. The molecule has 2 aromatic carbocycles. The first kappa shape index (κ1) is 24.4. The van der Waals surface area contributed by atoms with Crippen molar-refractivity contribution in [3.63, 3.8) is 0 Å². The summed E-state index contributed by atoms with van der Waals surface area (Å²) in [6, 6.07) is 14.2. The van der Waals surface area contributed by atoms with Gasteiger partial charge >= 0.3 is 6.09 Å². The highest BCUT2D eigenvalue weighted by Gasteiger charge is 2.28. The highest BCUT2D eigenvalue weighted by molar-refractivity contribution is 6.05. The molecule has 1 N–H and O–H groups in total. The molecule has 0 unspecified atom stereocenters. The van der Waals surface area contributed by atoms with E-state index in [2.05, 4.69) is 11.4 Å². The van der Waals surface area contributed by atoms with Crippen molar-refractivity contribution in [3.8, 4) is 17.2 Å². The van der Waals surface area contributed by atoms with Gasteiger partial charge in [-0.05, 0) is 62.2 Å². The predicted octanol–water partition coefficient (Wildman–Crippen LogP) is 4.84. The number of carbonyl (C=O) groups excluding carboxylic acids is 2. The van der Waals surface area contributed by atoms with Gasteiger partial charge in [0, 0.05) is 50.2 Å². The van der Waals surface area contributed by atoms with Gasteiger partial charge in [0.2, 0.25) is 0 Å². The van der Waals surface area contributed by atoms with E-state index in [1.807, 2.05) is 48.6 Å². The summed E-state index contributed by atoms with van der Waals surface area (Å²) in [4.78, 5) is 28.9. The molecule has 2 aliphatic heterocycles. The van der Waals surface area contributed by atoms with Crippen molar-refractivity contribution in [2.75, 3.05) is 36.4 Å². The van der Waals surface area contributed by atoms with Crippen LogP contribution in [-0.4, -0.2) is 53.2 Å². The lowest BCUT2D eigenvalue weighted by atomic mass is 10.1. The number of piperazine rings is 1. The van der Waals surface area contributed by atoms with Crippen molar-refractivity contribution < 1.29 is 18.7 Å². The zero-order chi connectivity index (χ0) is 26.3. The van der Waals surface area contributed by atoms with E-state index in [1.165, 1.54) is 6.07 Å². The van der Waals surface area contributed by atoms with Crippen molar-refractivity contribution in [3.05, 3.63) is 71.3 Å². The normalized spacial score (nSPS) is 15.3. The number of ether oxygens (including phenoxy) is 1. The van der Waals surface area contributed by atoms with E-state index < -0.39 is 11.4 Å². The first-order valence-corrected chi connectivity index (χ1v) is 12.2. The van der Waals surface area contributed by atoms with Crippen LogP contribution in [0, 0.1) is 17.1 Å². The highest BCUT2D eigenvalue weighted by Crippen LogP contribution is 2.33. The molecule has 2 aliphatic rings. The minimum absolute atomic E-state index is 0.309. The number of aromatic nitrogens is 1. The lowest BCUT2D eigenvalue weighted by Crippen LogP contribution is -2.50. The predicted molar refractivity (Wildman–Crippen MR) is 138 cm³/mol. The zero-order valence-electron chi connectivity index (χ0n) is 21.0. The van der Waals surface area contributed by atoms with Crippen LogP contribution in [0.25, 0.3) is 11.1 Å². The van der Waals surface area contributed by atoms with Gasteiger partial charge in [-0.1, -0.05) is 12.1 Å². The average Bonchev–Trinajstić information content (AvgIpc) is 3.23. The molecule has 3 heterocycles. The van der Waals surface area contributed by atoms with E-state index >= 15 is 4.39 Å². The lowest BCUT2D eigenvalue weighted by Gasteiger charge is -2.37. The lowest BCUT2D eigenvalue weighted by molar-refractivity contribution is 0.0240. The number of halogens is 1. The quantitative estimate of drug-likeness (QED) is 0.543. The van der Waals surface area contributed by atoms with Crippen LogP contribution < -0.4 is 10.2 Å². The van der Waals surface area contributed by atoms with Gasteiger partial charge in [0.25, 0.3) is 5.91 Å². The second-order valence-corrected chi connectivity index (χ2v) is 10.3. The molecule has 0 spiro atoms. The number of nitrogens with one attached hydrogen (secondary N) is 1. The standard InChI is InChI=1S/C28H28FN5O3/c1-28(2,3)37-27(36)33-10-8-32(9-11-33)24-13-21-17-34-16-20(19-6-4-18(15-30)5-7-19)12-25(34)26(35)31-23(21)14-22(24)29/h4-7,12-14,16H,8-11,17H2,1-3H3,(H,31,35). The second-order valence-electron chi connectivity index (χ2n) is 10.3. The molecule has 1 fully saturated rings. The van der Waals surface area contributed by atoms with Gasteiger partial charge in [-0.25, -0.2) is 9.18 Å². The summed E-state index contributed by atoms with van der Waals surface area (Å²) in [5, 5.41) is 11.9. The molecular formula is C28H28FN5O3. The minimum Gasteiger partial charge on any atom is -0.444 e. The number of benzene rings is 2. The van der Waals surface area contributed by atoms with E-state index in [1.54, 1.807) is 29.2 Å². The molecule has 0 saturated carbocycles. The van der Waals surface area contributed by atoms with Gasteiger partial charge in [-0.3, -0.25) is 4.79 Å². The zero-order valence-corrected chi connectivity index (χ0v) is 21.0. The molecule has 190 valence electrons. The molecule has 3 aromatic rings. The van der Waals surface area contributed by atoms with Gasteiger partial charge < -0.3 is 24.4 Å². The topological polar surface area (TPSA) is 90.6 Å². The maximum atomic E-state index is 15.2. The second kappa shape index (κ2) is 9.28. The number of hydrogen-bond acceptors (Lipinski definition) is 5. The first-order valence-electron chi connectivity index (χ1n) is 12.2. The third-order valence-corrected chi connectivity index (χ3v) is 6.51. The number of rotatable bonds is 2. The van der Waals surface area contributed by atoms with E-state index in [4.69, 9.17) is 10.00 Å². The van der Waals surface area contributed by atoms with Crippen LogP contribution >= 0.6 is 0 Å². The molecular weight excluding hydrogens is 473 g/mol. The third-order valence-electron chi connectivity index (χ3n) is 6.51. The molecule has 0 bridgehead atoms. The van der Waals surface area contributed by atoms with Crippen LogP contribution in [0.2, 0.25) is 0 Å². The van der Waals surface area contributed by atoms with Crippen LogP contribution in [0.1, 0.15) is 42.4 Å². The fourth-order valence-electron chi connectivity index (χ4n) is 4.65. The van der Waals surface area contributed by atoms with Gasteiger partial charge in [-0.2, -0.15) is 5.26 Å². The van der Waals surface area contributed by atoms with E-state index in [9.17, 15) is 9.59 Å². The van der Waals surface area contributed by atoms with Gasteiger partial charge in [-0.15, -0.1) is 0 Å². The summed E-state index contributed by atoms with van der Waals surface area (Å²) >= 11 is 0. The van der Waals surface area contributed by atoms with Crippen LogP contribution in [0.5, 0.6) is 0 Å². The fourth-order valence-corrected chi connectivity index (χ4v) is 4.65. The van der Waals surface area contributed by atoms with Gasteiger partial charge in [0.1, 0.15) is 17.1 Å². The molecule has 1 saturated heterocycles. The Bertz CT molecular complexity index is 1410. The number of anilines is 2. The molecule has 1 aromatic heterocycles. The summed E-state index contributed by atoms with van der Waals surface area (Å²) in [6.07, 6.45) is 1.53. The SMILES string of the molecule is CC(C)(C)OC(=O)N1CCN(c2cc3c(cc2F)NC(=O)c2cc(-c4ccc(C#N)cc4)cn2C3)CC1. The van der Waals surface area contributed by atoms with E-state index in [-0.39, 0.29) is 12.0 Å². The molecule has 0 atom stereocenters. The van der Waals surface area contributed by atoms with Gasteiger partial charge in [0.15, 0.2) is 0 Å². The molecule has 37 heavy (non-hydrogen) atoms. The number of nitriles is 1. The molecule has 0 aliphatic carbocycles. The molecule has 2 amide bonds. The molecule has 9 heteroatoms. The third kappa shape index (κ3) is 5.00. The Balaban J connectivity index is 1.37. The summed E-state index contributed by atoms with van der Waals surface area (Å²) in [7, 11) is 0. The van der Waals surface area contributed by atoms with Crippen molar-refractivity contribution in [2.45, 2.75) is 32.9 Å². The van der Waals surface area contributed by atoms with Crippen molar-refractivity contribution in [1.82, 2.24) is 9.47 Å². The van der Waals surface area contributed by atoms with Crippen molar-refractivity contribution in [1.29, 1.82) is 5.26 Å².